The lowest BCUT2D eigenvalue weighted by Gasteiger charge is -2.28. The number of pyridine rings is 1. The number of rotatable bonds is 4. The van der Waals surface area contributed by atoms with Gasteiger partial charge in [-0.1, -0.05) is 23.8 Å². The fourth-order valence-electron chi connectivity index (χ4n) is 4.55. The van der Waals surface area contributed by atoms with Crippen LogP contribution in [0.5, 0.6) is 0 Å². The Labute approximate surface area is 178 Å². The van der Waals surface area contributed by atoms with Gasteiger partial charge in [0.05, 0.1) is 17.8 Å². The first-order chi connectivity index (χ1) is 13.9. The number of hydrogen-bond acceptors (Lipinski definition) is 2. The Balaban J connectivity index is 1.88. The first kappa shape index (κ1) is 19.6. The smallest absolute Gasteiger partial charge is 0.174 e. The van der Waals surface area contributed by atoms with E-state index < -0.39 is 0 Å². The van der Waals surface area contributed by atoms with Crippen molar-refractivity contribution in [2.45, 2.75) is 52.7 Å². The molecule has 0 amide bonds. The van der Waals surface area contributed by atoms with Gasteiger partial charge in [0, 0.05) is 29.3 Å². The number of nitrogens with one attached hydrogen (secondary N) is 1. The van der Waals surface area contributed by atoms with Crippen molar-refractivity contribution >= 4 is 23.0 Å². The molecule has 0 saturated carbocycles. The zero-order valence-corrected chi connectivity index (χ0v) is 18.5. The molecule has 1 aromatic carbocycles. The first-order valence-electron chi connectivity index (χ1n) is 10.1. The monoisotopic (exact) mass is 404 g/mol. The molecule has 2 atom stereocenters. The maximum atomic E-state index is 5.82. The highest BCUT2D eigenvalue weighted by Gasteiger charge is 2.42. The topological polar surface area (TPSA) is 33.1 Å². The number of nitrogens with zero attached hydrogens (tertiary/aromatic N) is 3. The van der Waals surface area contributed by atoms with E-state index in [-0.39, 0.29) is 12.1 Å². The standard InChI is InChI=1S/C24H28N4S/c1-15(2)27-17(4)14-20(18(27)5)23-22(21-8-6-7-13-25-21)26-24(29)28(23)19-11-9-16(3)10-12-19/h6-15,22-23H,1-5H3,(H,26,29)/t22-,23+/m1/s1. The minimum absolute atomic E-state index is 0.00823. The third kappa shape index (κ3) is 3.44. The highest BCUT2D eigenvalue weighted by atomic mass is 32.1. The maximum absolute atomic E-state index is 5.82. The number of aromatic nitrogens is 2. The molecule has 5 heteroatoms. The molecule has 0 radical (unpaired) electrons. The minimum atomic E-state index is -0.00823. The predicted octanol–water partition coefficient (Wildman–Crippen LogP) is 5.57. The molecular weight excluding hydrogens is 376 g/mol. The lowest BCUT2D eigenvalue weighted by Crippen LogP contribution is -2.29. The fraction of sp³-hybridized carbons (Fsp3) is 0.333. The van der Waals surface area contributed by atoms with E-state index >= 15 is 0 Å². The molecule has 1 N–H and O–H groups in total. The van der Waals surface area contributed by atoms with Crippen LogP contribution in [0.2, 0.25) is 0 Å². The van der Waals surface area contributed by atoms with Gasteiger partial charge in [-0.25, -0.2) is 0 Å². The Bertz CT molecular complexity index is 1020. The molecule has 3 aromatic rings. The zero-order valence-electron chi connectivity index (χ0n) is 17.7. The largest absolute Gasteiger partial charge is 0.351 e. The molecule has 0 spiro atoms. The summed E-state index contributed by atoms with van der Waals surface area (Å²) in [6.45, 7) is 11.0. The van der Waals surface area contributed by atoms with E-state index in [9.17, 15) is 0 Å². The van der Waals surface area contributed by atoms with Crippen LogP contribution < -0.4 is 10.2 Å². The summed E-state index contributed by atoms with van der Waals surface area (Å²) >= 11 is 5.82. The van der Waals surface area contributed by atoms with Gasteiger partial charge in [-0.05, 0) is 82.7 Å². The van der Waals surface area contributed by atoms with Crippen LogP contribution >= 0.6 is 12.2 Å². The van der Waals surface area contributed by atoms with E-state index in [1.54, 1.807) is 0 Å². The minimum Gasteiger partial charge on any atom is -0.351 e. The van der Waals surface area contributed by atoms with Gasteiger partial charge in [0.15, 0.2) is 5.11 Å². The van der Waals surface area contributed by atoms with Crippen molar-refractivity contribution in [3.63, 3.8) is 0 Å². The second kappa shape index (κ2) is 7.64. The average Bonchev–Trinajstić information content (AvgIpc) is 3.19. The van der Waals surface area contributed by atoms with E-state index in [1.165, 1.54) is 22.5 Å². The zero-order chi connectivity index (χ0) is 20.7. The molecular formula is C24H28N4S. The molecule has 29 heavy (non-hydrogen) atoms. The van der Waals surface area contributed by atoms with Gasteiger partial charge >= 0.3 is 0 Å². The molecule has 0 unspecified atom stereocenters. The summed E-state index contributed by atoms with van der Waals surface area (Å²) in [5.41, 5.74) is 7.19. The molecule has 0 aliphatic carbocycles. The molecule has 1 aliphatic heterocycles. The van der Waals surface area contributed by atoms with Gasteiger partial charge in [-0.3, -0.25) is 4.98 Å². The Hall–Kier alpha value is -2.66. The predicted molar refractivity (Wildman–Crippen MR) is 123 cm³/mol. The Morgan fingerprint density at radius 3 is 2.34 bits per heavy atom. The summed E-state index contributed by atoms with van der Waals surface area (Å²) in [7, 11) is 0. The lowest BCUT2D eigenvalue weighted by atomic mass is 9.96. The number of benzene rings is 1. The van der Waals surface area contributed by atoms with Crippen molar-refractivity contribution in [1.82, 2.24) is 14.9 Å². The number of hydrogen-bond donors (Lipinski definition) is 1. The molecule has 4 rings (SSSR count). The third-order valence-corrected chi connectivity index (χ3v) is 6.08. The fourth-order valence-corrected chi connectivity index (χ4v) is 4.90. The van der Waals surface area contributed by atoms with E-state index in [0.29, 0.717) is 6.04 Å². The van der Waals surface area contributed by atoms with Crippen molar-refractivity contribution in [1.29, 1.82) is 0 Å². The molecule has 1 fully saturated rings. The Kier molecular flexibility index (Phi) is 5.17. The van der Waals surface area contributed by atoms with Gasteiger partial charge in [0.1, 0.15) is 0 Å². The van der Waals surface area contributed by atoms with Crippen molar-refractivity contribution in [2.75, 3.05) is 4.90 Å². The van der Waals surface area contributed by atoms with E-state index in [4.69, 9.17) is 12.2 Å². The molecule has 1 aliphatic rings. The normalized spacial score (nSPS) is 19.1. The lowest BCUT2D eigenvalue weighted by molar-refractivity contribution is 0.547. The van der Waals surface area contributed by atoms with Crippen LogP contribution in [0, 0.1) is 20.8 Å². The first-order valence-corrected chi connectivity index (χ1v) is 10.5. The van der Waals surface area contributed by atoms with Gasteiger partial charge in [-0.15, -0.1) is 0 Å². The van der Waals surface area contributed by atoms with Gasteiger partial charge in [0.25, 0.3) is 0 Å². The summed E-state index contributed by atoms with van der Waals surface area (Å²) in [5.74, 6) is 0. The summed E-state index contributed by atoms with van der Waals surface area (Å²) < 4.78 is 2.40. The van der Waals surface area contributed by atoms with E-state index in [0.717, 1.165) is 16.5 Å². The summed E-state index contributed by atoms with van der Waals surface area (Å²) in [6.07, 6.45) is 1.85. The van der Waals surface area contributed by atoms with Crippen molar-refractivity contribution in [3.8, 4) is 0 Å². The van der Waals surface area contributed by atoms with Crippen molar-refractivity contribution in [2.24, 2.45) is 0 Å². The van der Waals surface area contributed by atoms with Gasteiger partial charge in [-0.2, -0.15) is 0 Å². The van der Waals surface area contributed by atoms with Crippen LogP contribution in [-0.2, 0) is 0 Å². The van der Waals surface area contributed by atoms with Crippen LogP contribution in [0.4, 0.5) is 5.69 Å². The second-order valence-electron chi connectivity index (χ2n) is 8.12. The van der Waals surface area contributed by atoms with Gasteiger partial charge < -0.3 is 14.8 Å². The van der Waals surface area contributed by atoms with E-state index in [1.807, 2.05) is 18.3 Å². The van der Waals surface area contributed by atoms with Crippen LogP contribution in [0.1, 0.15) is 60.2 Å². The summed E-state index contributed by atoms with van der Waals surface area (Å²) in [5, 5.41) is 4.29. The van der Waals surface area contributed by atoms with Gasteiger partial charge in [0.2, 0.25) is 0 Å². The van der Waals surface area contributed by atoms with Crippen molar-refractivity contribution < 1.29 is 0 Å². The second-order valence-corrected chi connectivity index (χ2v) is 8.51. The molecule has 2 aromatic heterocycles. The van der Waals surface area contributed by atoms with Crippen LogP contribution in [-0.4, -0.2) is 14.7 Å². The molecule has 150 valence electrons. The number of thiocarbonyl (C=S) groups is 1. The number of aryl methyl sites for hydroxylation is 2. The van der Waals surface area contributed by atoms with Crippen molar-refractivity contribution in [3.05, 3.63) is 82.9 Å². The molecule has 4 nitrogen and oxygen atoms in total. The summed E-state index contributed by atoms with van der Waals surface area (Å²) in [6, 6.07) is 17.4. The third-order valence-electron chi connectivity index (χ3n) is 5.77. The van der Waals surface area contributed by atoms with E-state index in [2.05, 4.69) is 90.8 Å². The molecule has 0 bridgehead atoms. The molecule has 1 saturated heterocycles. The highest BCUT2D eigenvalue weighted by Crippen LogP contribution is 2.43. The Morgan fingerprint density at radius 1 is 1.03 bits per heavy atom. The average molecular weight is 405 g/mol. The summed E-state index contributed by atoms with van der Waals surface area (Å²) in [4.78, 5) is 6.90. The Morgan fingerprint density at radius 2 is 1.76 bits per heavy atom. The van der Waals surface area contributed by atoms with Crippen LogP contribution in [0.25, 0.3) is 0 Å². The van der Waals surface area contributed by atoms with Crippen LogP contribution in [0.15, 0.2) is 54.7 Å². The quantitative estimate of drug-likeness (QED) is 0.577. The highest BCUT2D eigenvalue weighted by molar-refractivity contribution is 7.80. The SMILES string of the molecule is Cc1ccc(N2C(=S)N[C@H](c3ccccn3)[C@@H]2c2cc(C)n(C(C)C)c2C)cc1. The maximum Gasteiger partial charge on any atom is 0.174 e. The molecule has 3 heterocycles. The number of anilines is 1. The van der Waals surface area contributed by atoms with Crippen LogP contribution in [0.3, 0.4) is 0 Å².